The van der Waals surface area contributed by atoms with Crippen LogP contribution in [0.2, 0.25) is 0 Å². The minimum absolute atomic E-state index is 0.103. The van der Waals surface area contributed by atoms with Gasteiger partial charge in [-0.05, 0) is 97.6 Å². The number of fused-ring (bicyclic) bond motifs is 1. The van der Waals surface area contributed by atoms with Gasteiger partial charge in [0, 0.05) is 5.54 Å². The van der Waals surface area contributed by atoms with E-state index in [0.29, 0.717) is 24.7 Å². The van der Waals surface area contributed by atoms with Gasteiger partial charge in [-0.1, -0.05) is 30.3 Å². The maximum absolute atomic E-state index is 11.0. The van der Waals surface area contributed by atoms with E-state index in [-0.39, 0.29) is 6.61 Å². The highest BCUT2D eigenvalue weighted by atomic mass is 31.2. The Morgan fingerprint density at radius 2 is 2.00 bits per heavy atom. The third-order valence-electron chi connectivity index (χ3n) is 7.17. The lowest BCUT2D eigenvalue weighted by molar-refractivity contribution is 0.153. The molecule has 0 amide bonds. The van der Waals surface area contributed by atoms with Crippen LogP contribution in [0.3, 0.4) is 0 Å². The molecule has 174 valence electrons. The molecule has 1 fully saturated rings. The van der Waals surface area contributed by atoms with Crippen molar-refractivity contribution in [1.29, 1.82) is 0 Å². The normalized spacial score (nSPS) is 25.5. The Balaban J connectivity index is 1.34. The Morgan fingerprint density at radius 3 is 2.78 bits per heavy atom. The highest BCUT2D eigenvalue weighted by Gasteiger charge is 2.38. The Kier molecular flexibility index (Phi) is 7.09. The highest BCUT2D eigenvalue weighted by Crippen LogP contribution is 2.44. The second kappa shape index (κ2) is 9.66. The van der Waals surface area contributed by atoms with Gasteiger partial charge in [0.25, 0.3) is 0 Å². The van der Waals surface area contributed by atoms with E-state index in [0.717, 1.165) is 31.4 Å². The van der Waals surface area contributed by atoms with Crippen LogP contribution in [0.25, 0.3) is 0 Å². The molecule has 3 atom stereocenters. The average molecular weight is 460 g/mol. The van der Waals surface area contributed by atoms with E-state index in [1.54, 1.807) is 7.11 Å². The van der Waals surface area contributed by atoms with Crippen molar-refractivity contribution in [3.63, 3.8) is 0 Å². The molecule has 4 rings (SSSR count). The van der Waals surface area contributed by atoms with Crippen LogP contribution < -0.4 is 10.5 Å². The number of phosphoric ester groups is 1. The molecule has 0 unspecified atom stereocenters. The number of ether oxygens (including phenoxy) is 1. The summed E-state index contributed by atoms with van der Waals surface area (Å²) in [4.78, 5) is 18.0. The van der Waals surface area contributed by atoms with Crippen molar-refractivity contribution in [1.82, 2.24) is 0 Å². The number of phosphoric acid groups is 1. The monoisotopic (exact) mass is 459 g/mol. The summed E-state index contributed by atoms with van der Waals surface area (Å²) in [7, 11) is -2.78. The van der Waals surface area contributed by atoms with Gasteiger partial charge in [0.1, 0.15) is 5.75 Å². The molecule has 0 aliphatic heterocycles. The molecule has 0 heterocycles. The highest BCUT2D eigenvalue weighted by molar-refractivity contribution is 7.46. The molecule has 4 N–H and O–H groups in total. The summed E-state index contributed by atoms with van der Waals surface area (Å²) in [6.07, 6.45) is 8.02. The molecule has 2 aromatic rings. The minimum Gasteiger partial charge on any atom is -0.497 e. The van der Waals surface area contributed by atoms with Crippen LogP contribution in [0, 0.1) is 5.92 Å². The van der Waals surface area contributed by atoms with E-state index in [9.17, 15) is 4.57 Å². The van der Waals surface area contributed by atoms with Gasteiger partial charge in [0.05, 0.1) is 13.7 Å². The summed E-state index contributed by atoms with van der Waals surface area (Å²) < 4.78 is 21.1. The quantitative estimate of drug-likeness (QED) is 0.502. The van der Waals surface area contributed by atoms with Crippen molar-refractivity contribution in [2.45, 2.75) is 62.8 Å². The van der Waals surface area contributed by atoms with Crippen LogP contribution in [-0.4, -0.2) is 29.0 Å². The standard InChI is InChI=1S/C25H34NO5P/c1-30-24-4-2-3-18(14-24)5-6-19-7-8-21-15-22(10-9-20(21)13-19)23-11-12-25(26,16-23)17-31-32(27,28)29/h2-4,9-10,14-15,19,23H,5-8,11-13,16-17,26H2,1H3,(H2,27,28,29)/t19-,23+,25+/m0/s1. The molecular weight excluding hydrogens is 425 g/mol. The first-order valence-electron chi connectivity index (χ1n) is 11.5. The van der Waals surface area contributed by atoms with E-state index < -0.39 is 13.4 Å². The van der Waals surface area contributed by atoms with Gasteiger partial charge >= 0.3 is 7.82 Å². The molecule has 0 aromatic heterocycles. The van der Waals surface area contributed by atoms with Gasteiger partial charge < -0.3 is 20.3 Å². The fourth-order valence-corrected chi connectivity index (χ4v) is 5.76. The molecule has 1 saturated carbocycles. The van der Waals surface area contributed by atoms with Gasteiger partial charge in [-0.3, -0.25) is 4.52 Å². The van der Waals surface area contributed by atoms with Crippen molar-refractivity contribution in [2.75, 3.05) is 13.7 Å². The molecule has 32 heavy (non-hydrogen) atoms. The third kappa shape index (κ3) is 6.00. The molecule has 6 nitrogen and oxygen atoms in total. The molecule has 2 aromatic carbocycles. The predicted molar refractivity (Wildman–Crippen MR) is 125 cm³/mol. The maximum atomic E-state index is 11.0. The zero-order valence-corrected chi connectivity index (χ0v) is 19.6. The summed E-state index contributed by atoms with van der Waals surface area (Å²) >= 11 is 0. The van der Waals surface area contributed by atoms with Gasteiger partial charge in [0.15, 0.2) is 0 Å². The SMILES string of the molecule is COc1cccc(CC[C@H]2CCc3cc([C@@H]4CC[C@](N)(COP(=O)(O)O)C4)ccc3C2)c1. The summed E-state index contributed by atoms with van der Waals surface area (Å²) in [5.74, 6) is 1.94. The smallest absolute Gasteiger partial charge is 0.469 e. The molecule has 0 spiro atoms. The summed E-state index contributed by atoms with van der Waals surface area (Å²) in [6.45, 7) is -0.103. The lowest BCUT2D eigenvalue weighted by Crippen LogP contribution is -2.41. The first-order chi connectivity index (χ1) is 15.2. The number of aryl methyl sites for hydroxylation is 2. The van der Waals surface area contributed by atoms with Gasteiger partial charge in [-0.2, -0.15) is 0 Å². The number of nitrogens with two attached hydrogens (primary N) is 1. The third-order valence-corrected chi connectivity index (χ3v) is 7.64. The van der Waals surface area contributed by atoms with Crippen LogP contribution in [0.15, 0.2) is 42.5 Å². The van der Waals surface area contributed by atoms with E-state index in [4.69, 9.17) is 24.8 Å². The number of hydrogen-bond acceptors (Lipinski definition) is 4. The van der Waals surface area contributed by atoms with Crippen molar-refractivity contribution in [3.8, 4) is 5.75 Å². The molecule has 0 bridgehead atoms. The average Bonchev–Trinajstić information content (AvgIpc) is 3.18. The lowest BCUT2D eigenvalue weighted by Gasteiger charge is -2.27. The summed E-state index contributed by atoms with van der Waals surface area (Å²) in [6, 6.07) is 15.2. The largest absolute Gasteiger partial charge is 0.497 e. The van der Waals surface area contributed by atoms with E-state index in [1.807, 2.05) is 6.07 Å². The van der Waals surface area contributed by atoms with Crippen LogP contribution in [0.5, 0.6) is 5.75 Å². The Morgan fingerprint density at radius 1 is 1.16 bits per heavy atom. The van der Waals surface area contributed by atoms with Crippen LogP contribution in [0.1, 0.15) is 60.3 Å². The molecule has 0 radical (unpaired) electrons. The zero-order chi connectivity index (χ0) is 22.8. The predicted octanol–water partition coefficient (Wildman–Crippen LogP) is 4.51. The van der Waals surface area contributed by atoms with Crippen molar-refractivity contribution >= 4 is 7.82 Å². The topological polar surface area (TPSA) is 102 Å². The number of hydrogen-bond donors (Lipinski definition) is 3. The van der Waals surface area contributed by atoms with Crippen molar-refractivity contribution in [2.24, 2.45) is 11.7 Å². The van der Waals surface area contributed by atoms with Crippen molar-refractivity contribution in [3.05, 3.63) is 64.7 Å². The van der Waals surface area contributed by atoms with Gasteiger partial charge in [0.2, 0.25) is 0 Å². The molecule has 2 aliphatic carbocycles. The summed E-state index contributed by atoms with van der Waals surface area (Å²) in [5, 5.41) is 0. The van der Waals surface area contributed by atoms with Crippen LogP contribution in [0.4, 0.5) is 0 Å². The van der Waals surface area contributed by atoms with Gasteiger partial charge in [-0.25, -0.2) is 4.57 Å². The van der Waals surface area contributed by atoms with Crippen LogP contribution in [-0.2, 0) is 28.4 Å². The van der Waals surface area contributed by atoms with Gasteiger partial charge in [-0.15, -0.1) is 0 Å². The maximum Gasteiger partial charge on any atom is 0.469 e. The second-order valence-electron chi connectivity index (χ2n) is 9.59. The molecular formula is C25H34NO5P. The second-order valence-corrected chi connectivity index (χ2v) is 10.8. The zero-order valence-electron chi connectivity index (χ0n) is 18.7. The minimum atomic E-state index is -4.49. The first kappa shape index (κ1) is 23.5. The Hall–Kier alpha value is -1.69. The fraction of sp³-hybridized carbons (Fsp3) is 0.520. The number of rotatable bonds is 8. The van der Waals surface area contributed by atoms with Crippen LogP contribution >= 0.6 is 7.82 Å². The van der Waals surface area contributed by atoms with E-state index >= 15 is 0 Å². The Bertz CT molecular complexity index is 990. The van der Waals surface area contributed by atoms with Crippen molar-refractivity contribution < 1.29 is 23.6 Å². The van der Waals surface area contributed by atoms with E-state index in [1.165, 1.54) is 35.1 Å². The van der Waals surface area contributed by atoms with E-state index in [2.05, 4.69) is 36.4 Å². The Labute approximate surface area is 190 Å². The molecule has 7 heteroatoms. The molecule has 0 saturated heterocycles. The fourth-order valence-electron chi connectivity index (χ4n) is 5.33. The number of benzene rings is 2. The first-order valence-corrected chi connectivity index (χ1v) is 13.0. The molecule has 2 aliphatic rings. The lowest BCUT2D eigenvalue weighted by atomic mass is 9.79. The number of methoxy groups -OCH3 is 1. The summed E-state index contributed by atoms with van der Waals surface area (Å²) in [5.41, 5.74) is 11.2.